The number of hydrogen-bond donors (Lipinski definition) is 3. The second kappa shape index (κ2) is 10.4. The van der Waals surface area contributed by atoms with Crippen LogP contribution in [0.5, 0.6) is 0 Å². The average molecular weight is 278 g/mol. The van der Waals surface area contributed by atoms with Crippen LogP contribution in [0.3, 0.4) is 0 Å². The Labute approximate surface area is 121 Å². The second-order valence-corrected chi connectivity index (χ2v) is 5.09. The summed E-state index contributed by atoms with van der Waals surface area (Å²) in [5.74, 6) is 0.0210. The number of nitrogens with two attached hydrogens (primary N) is 1. The van der Waals surface area contributed by atoms with E-state index in [0.29, 0.717) is 12.8 Å². The minimum Gasteiger partial charge on any atom is -0.394 e. The minimum absolute atomic E-state index is 0.0210. The summed E-state index contributed by atoms with van der Waals surface area (Å²) in [5.41, 5.74) is 6.54. The molecule has 1 amide bonds. The van der Waals surface area contributed by atoms with Crippen LogP contribution in [0.4, 0.5) is 0 Å². The van der Waals surface area contributed by atoms with Crippen molar-refractivity contribution in [3.8, 4) is 0 Å². The van der Waals surface area contributed by atoms with Gasteiger partial charge in [-0.15, -0.1) is 0 Å². The zero-order valence-electron chi connectivity index (χ0n) is 12.1. The summed E-state index contributed by atoms with van der Waals surface area (Å²) in [6, 6.07) is 9.68. The number of nitrogens with one attached hydrogen (secondary N) is 1. The van der Waals surface area contributed by atoms with Crippen LogP contribution >= 0.6 is 0 Å². The Morgan fingerprint density at radius 3 is 2.50 bits per heavy atom. The van der Waals surface area contributed by atoms with Crippen molar-refractivity contribution < 1.29 is 9.90 Å². The first-order valence-electron chi connectivity index (χ1n) is 7.40. The van der Waals surface area contributed by atoms with Gasteiger partial charge in [-0.3, -0.25) is 4.79 Å². The molecule has 0 heterocycles. The van der Waals surface area contributed by atoms with Crippen LogP contribution < -0.4 is 11.1 Å². The maximum absolute atomic E-state index is 11.8. The first kappa shape index (κ1) is 16.7. The van der Waals surface area contributed by atoms with Crippen LogP contribution in [-0.2, 0) is 11.2 Å². The van der Waals surface area contributed by atoms with Gasteiger partial charge >= 0.3 is 0 Å². The average Bonchev–Trinajstić information content (AvgIpc) is 2.47. The number of benzene rings is 1. The Bertz CT molecular complexity index is 368. The molecule has 0 aliphatic heterocycles. The number of unbranched alkanes of at least 4 members (excludes halogenated alkanes) is 3. The Hall–Kier alpha value is -1.39. The summed E-state index contributed by atoms with van der Waals surface area (Å²) < 4.78 is 0. The summed E-state index contributed by atoms with van der Waals surface area (Å²) in [6.07, 6.45) is 5.21. The van der Waals surface area contributed by atoms with E-state index in [2.05, 4.69) is 5.32 Å². The Balaban J connectivity index is 2.24. The molecule has 20 heavy (non-hydrogen) atoms. The molecule has 1 unspecified atom stereocenters. The van der Waals surface area contributed by atoms with E-state index in [1.165, 1.54) is 0 Å². The van der Waals surface area contributed by atoms with Crippen molar-refractivity contribution in [1.29, 1.82) is 0 Å². The molecule has 0 spiro atoms. The van der Waals surface area contributed by atoms with Crippen LogP contribution in [0.25, 0.3) is 0 Å². The van der Waals surface area contributed by atoms with E-state index in [1.807, 2.05) is 30.3 Å². The van der Waals surface area contributed by atoms with E-state index >= 15 is 0 Å². The summed E-state index contributed by atoms with van der Waals surface area (Å²) >= 11 is 0. The smallest absolute Gasteiger partial charge is 0.220 e. The number of carbonyl (C=O) groups excluding carboxylic acids is 1. The van der Waals surface area contributed by atoms with Gasteiger partial charge in [-0.1, -0.05) is 43.2 Å². The highest BCUT2D eigenvalue weighted by Crippen LogP contribution is 2.05. The third-order valence-corrected chi connectivity index (χ3v) is 3.27. The van der Waals surface area contributed by atoms with Crippen LogP contribution in [0.2, 0.25) is 0 Å². The Kier molecular flexibility index (Phi) is 8.67. The molecule has 0 fully saturated rings. The molecule has 1 aromatic rings. The van der Waals surface area contributed by atoms with Gasteiger partial charge in [0.15, 0.2) is 0 Å². The fraction of sp³-hybridized carbons (Fsp3) is 0.562. The van der Waals surface area contributed by atoms with Crippen molar-refractivity contribution in [2.75, 3.05) is 13.2 Å². The molecule has 1 aromatic carbocycles. The lowest BCUT2D eigenvalue weighted by molar-refractivity contribution is -0.122. The zero-order valence-corrected chi connectivity index (χ0v) is 12.1. The van der Waals surface area contributed by atoms with Gasteiger partial charge in [0, 0.05) is 6.42 Å². The van der Waals surface area contributed by atoms with E-state index in [-0.39, 0.29) is 18.6 Å². The number of carbonyl (C=O) groups is 1. The molecule has 0 aliphatic rings. The number of amides is 1. The fourth-order valence-electron chi connectivity index (χ4n) is 2.14. The highest BCUT2D eigenvalue weighted by atomic mass is 16.3. The van der Waals surface area contributed by atoms with Gasteiger partial charge in [0.2, 0.25) is 5.91 Å². The lowest BCUT2D eigenvalue weighted by Crippen LogP contribution is -2.38. The molecule has 0 saturated carbocycles. The van der Waals surface area contributed by atoms with Gasteiger partial charge in [-0.2, -0.15) is 0 Å². The molecular weight excluding hydrogens is 252 g/mol. The molecule has 4 nitrogen and oxygen atoms in total. The number of hydrogen-bond acceptors (Lipinski definition) is 3. The number of aliphatic hydroxyl groups is 1. The van der Waals surface area contributed by atoms with Gasteiger partial charge in [-0.05, 0) is 31.4 Å². The fourth-order valence-corrected chi connectivity index (χ4v) is 2.14. The Morgan fingerprint density at radius 2 is 1.85 bits per heavy atom. The molecule has 0 radical (unpaired) electrons. The molecule has 1 atom stereocenters. The van der Waals surface area contributed by atoms with Crippen molar-refractivity contribution in [1.82, 2.24) is 5.32 Å². The normalized spacial score (nSPS) is 12.1. The van der Waals surface area contributed by atoms with Crippen LogP contribution in [0.15, 0.2) is 30.3 Å². The molecule has 0 aliphatic carbocycles. The predicted molar refractivity (Wildman–Crippen MR) is 81.3 cm³/mol. The highest BCUT2D eigenvalue weighted by molar-refractivity contribution is 5.76. The third-order valence-electron chi connectivity index (χ3n) is 3.27. The third kappa shape index (κ3) is 7.26. The second-order valence-electron chi connectivity index (χ2n) is 5.09. The maximum Gasteiger partial charge on any atom is 0.220 e. The van der Waals surface area contributed by atoms with Crippen LogP contribution in [0.1, 0.15) is 37.7 Å². The molecule has 0 bridgehead atoms. The van der Waals surface area contributed by atoms with Crippen molar-refractivity contribution in [2.24, 2.45) is 5.73 Å². The lowest BCUT2D eigenvalue weighted by atomic mass is 10.1. The summed E-state index contributed by atoms with van der Waals surface area (Å²) in [5, 5.41) is 12.2. The summed E-state index contributed by atoms with van der Waals surface area (Å²) in [7, 11) is 0. The number of rotatable bonds is 10. The maximum atomic E-state index is 11.8. The number of aliphatic hydroxyl groups excluding tert-OH is 1. The molecule has 0 saturated heterocycles. The SMILES string of the molecule is NCCCCCCC(=O)NC(CO)Cc1ccccc1. The van der Waals surface area contributed by atoms with Gasteiger partial charge in [0.1, 0.15) is 0 Å². The minimum atomic E-state index is -0.200. The van der Waals surface area contributed by atoms with E-state index in [4.69, 9.17) is 5.73 Å². The monoisotopic (exact) mass is 278 g/mol. The van der Waals surface area contributed by atoms with Gasteiger partial charge in [0.05, 0.1) is 12.6 Å². The van der Waals surface area contributed by atoms with Crippen molar-refractivity contribution >= 4 is 5.91 Å². The molecular formula is C16H26N2O2. The van der Waals surface area contributed by atoms with Crippen molar-refractivity contribution in [3.63, 3.8) is 0 Å². The molecule has 4 N–H and O–H groups in total. The largest absolute Gasteiger partial charge is 0.394 e. The first-order valence-corrected chi connectivity index (χ1v) is 7.40. The molecule has 112 valence electrons. The lowest BCUT2D eigenvalue weighted by Gasteiger charge is -2.16. The summed E-state index contributed by atoms with van der Waals surface area (Å²) in [4.78, 5) is 11.8. The van der Waals surface area contributed by atoms with Gasteiger partial charge in [-0.25, -0.2) is 0 Å². The summed E-state index contributed by atoms with van der Waals surface area (Å²) in [6.45, 7) is 0.684. The van der Waals surface area contributed by atoms with Crippen molar-refractivity contribution in [2.45, 2.75) is 44.6 Å². The van der Waals surface area contributed by atoms with Gasteiger partial charge in [0.25, 0.3) is 0 Å². The highest BCUT2D eigenvalue weighted by Gasteiger charge is 2.11. The predicted octanol–water partition coefficient (Wildman–Crippen LogP) is 1.62. The van der Waals surface area contributed by atoms with E-state index < -0.39 is 0 Å². The van der Waals surface area contributed by atoms with Gasteiger partial charge < -0.3 is 16.2 Å². The zero-order chi connectivity index (χ0) is 14.6. The van der Waals surface area contributed by atoms with Crippen LogP contribution in [-0.4, -0.2) is 30.2 Å². The van der Waals surface area contributed by atoms with Crippen molar-refractivity contribution in [3.05, 3.63) is 35.9 Å². The molecule has 4 heteroatoms. The van der Waals surface area contributed by atoms with Crippen LogP contribution in [0, 0.1) is 0 Å². The quantitative estimate of drug-likeness (QED) is 0.569. The first-order chi connectivity index (χ1) is 9.76. The van der Waals surface area contributed by atoms with E-state index in [9.17, 15) is 9.90 Å². The van der Waals surface area contributed by atoms with E-state index in [1.54, 1.807) is 0 Å². The topological polar surface area (TPSA) is 75.4 Å². The Morgan fingerprint density at radius 1 is 1.15 bits per heavy atom. The standard InChI is InChI=1S/C16H26N2O2/c17-11-7-2-1-6-10-16(20)18-15(13-19)12-14-8-4-3-5-9-14/h3-5,8-9,15,19H,1-2,6-7,10-13,17H2,(H,18,20). The molecule has 0 aromatic heterocycles. The molecule has 1 rings (SSSR count). The van der Waals surface area contributed by atoms with E-state index in [0.717, 1.165) is 37.8 Å².